The average molecular weight is 262 g/mol. The van der Waals surface area contributed by atoms with Gasteiger partial charge >= 0.3 is 0 Å². The number of aryl methyl sites for hydroxylation is 1. The van der Waals surface area contributed by atoms with Crippen LogP contribution in [0.2, 0.25) is 0 Å². The second kappa shape index (κ2) is 6.43. The van der Waals surface area contributed by atoms with Crippen LogP contribution in [0.15, 0.2) is 30.6 Å². The van der Waals surface area contributed by atoms with Gasteiger partial charge in [-0.05, 0) is 31.2 Å². The first kappa shape index (κ1) is 13.7. The lowest BCUT2D eigenvalue weighted by atomic mass is 10.1. The molecule has 0 aliphatic heterocycles. The number of aromatic nitrogens is 3. The molecule has 0 saturated carbocycles. The number of hydrogen-bond acceptors (Lipinski definition) is 3. The lowest BCUT2D eigenvalue weighted by Crippen LogP contribution is -2.26. The van der Waals surface area contributed by atoms with Crippen molar-refractivity contribution in [2.75, 3.05) is 6.54 Å². The third-order valence-electron chi connectivity index (χ3n) is 2.95. The molecule has 19 heavy (non-hydrogen) atoms. The Balaban J connectivity index is 2.40. The number of hydrogen-bond donors (Lipinski definition) is 1. The van der Waals surface area contributed by atoms with Gasteiger partial charge < -0.3 is 5.32 Å². The van der Waals surface area contributed by atoms with Crippen molar-refractivity contribution in [2.24, 2.45) is 0 Å². The Bertz CT molecular complexity index is 524. The fraction of sp³-hybridized carbons (Fsp3) is 0.429. The van der Waals surface area contributed by atoms with Gasteiger partial charge in [-0.25, -0.2) is 4.39 Å². The van der Waals surface area contributed by atoms with Crippen molar-refractivity contribution in [1.82, 2.24) is 20.1 Å². The topological polar surface area (TPSA) is 42.7 Å². The molecule has 0 fully saturated rings. The highest BCUT2D eigenvalue weighted by Gasteiger charge is 2.21. The van der Waals surface area contributed by atoms with Crippen molar-refractivity contribution in [3.63, 3.8) is 0 Å². The smallest absolute Gasteiger partial charge is 0.146 e. The molecule has 2 heterocycles. The Morgan fingerprint density at radius 3 is 2.84 bits per heavy atom. The summed E-state index contributed by atoms with van der Waals surface area (Å²) < 4.78 is 15.8. The minimum atomic E-state index is -0.294. The molecule has 0 aromatic carbocycles. The highest BCUT2D eigenvalue weighted by atomic mass is 19.1. The minimum absolute atomic E-state index is 0.264. The molecule has 0 radical (unpaired) electrons. The van der Waals surface area contributed by atoms with Gasteiger partial charge in [0, 0.05) is 18.9 Å². The van der Waals surface area contributed by atoms with Crippen molar-refractivity contribution in [2.45, 2.75) is 32.9 Å². The van der Waals surface area contributed by atoms with Gasteiger partial charge in [0.2, 0.25) is 0 Å². The molecule has 2 rings (SSSR count). The van der Waals surface area contributed by atoms with Gasteiger partial charge in [-0.15, -0.1) is 0 Å². The van der Waals surface area contributed by atoms with Crippen LogP contribution in [-0.2, 0) is 6.54 Å². The van der Waals surface area contributed by atoms with Crippen LogP contribution in [-0.4, -0.2) is 21.3 Å². The van der Waals surface area contributed by atoms with Gasteiger partial charge in [0.05, 0.1) is 17.4 Å². The van der Waals surface area contributed by atoms with E-state index in [1.54, 1.807) is 18.5 Å². The van der Waals surface area contributed by atoms with E-state index in [1.165, 1.54) is 6.07 Å². The Morgan fingerprint density at radius 1 is 1.32 bits per heavy atom. The van der Waals surface area contributed by atoms with Crippen molar-refractivity contribution in [3.8, 4) is 0 Å². The fourth-order valence-electron chi connectivity index (χ4n) is 2.14. The predicted molar refractivity (Wildman–Crippen MR) is 72.2 cm³/mol. The molecule has 0 amide bonds. The van der Waals surface area contributed by atoms with Crippen LogP contribution in [0.25, 0.3) is 0 Å². The van der Waals surface area contributed by atoms with E-state index in [0.29, 0.717) is 5.69 Å². The molecule has 1 N–H and O–H groups in total. The fourth-order valence-corrected chi connectivity index (χ4v) is 2.14. The second-order valence-electron chi connectivity index (χ2n) is 4.34. The van der Waals surface area contributed by atoms with Gasteiger partial charge in [0.15, 0.2) is 0 Å². The zero-order valence-corrected chi connectivity index (χ0v) is 11.3. The average Bonchev–Trinajstić information content (AvgIpc) is 2.86. The maximum atomic E-state index is 13.9. The van der Waals surface area contributed by atoms with E-state index in [0.717, 1.165) is 25.2 Å². The molecule has 0 saturated heterocycles. The zero-order valence-electron chi connectivity index (χ0n) is 11.3. The lowest BCUT2D eigenvalue weighted by molar-refractivity contribution is 0.492. The number of halogens is 1. The van der Waals surface area contributed by atoms with Crippen LogP contribution in [0.4, 0.5) is 4.39 Å². The standard InChI is InChI=1S/C14H19FN4/c1-3-10-19-12(7-9-18-19)14(16-4-2)13-11(15)6-5-8-17-13/h5-9,14,16H,3-4,10H2,1-2H3. The molecule has 2 aromatic heterocycles. The van der Waals surface area contributed by atoms with Crippen LogP contribution in [0.1, 0.15) is 37.7 Å². The molecule has 4 nitrogen and oxygen atoms in total. The highest BCUT2D eigenvalue weighted by molar-refractivity contribution is 5.23. The van der Waals surface area contributed by atoms with E-state index in [2.05, 4.69) is 22.3 Å². The largest absolute Gasteiger partial charge is 0.304 e. The summed E-state index contributed by atoms with van der Waals surface area (Å²) in [6.07, 6.45) is 4.34. The summed E-state index contributed by atoms with van der Waals surface area (Å²) in [4.78, 5) is 4.18. The zero-order chi connectivity index (χ0) is 13.7. The SMILES string of the molecule is CCCn1nccc1C(NCC)c1ncccc1F. The van der Waals surface area contributed by atoms with E-state index in [9.17, 15) is 4.39 Å². The molecular weight excluding hydrogens is 243 g/mol. The second-order valence-corrected chi connectivity index (χ2v) is 4.34. The van der Waals surface area contributed by atoms with Crippen LogP contribution in [0.5, 0.6) is 0 Å². The number of nitrogens with one attached hydrogen (secondary N) is 1. The third kappa shape index (κ3) is 2.98. The summed E-state index contributed by atoms with van der Waals surface area (Å²) >= 11 is 0. The maximum absolute atomic E-state index is 13.9. The lowest BCUT2D eigenvalue weighted by Gasteiger charge is -2.19. The van der Waals surface area contributed by atoms with Crippen LogP contribution in [0, 0.1) is 5.82 Å². The van der Waals surface area contributed by atoms with Crippen LogP contribution in [0.3, 0.4) is 0 Å². The van der Waals surface area contributed by atoms with Gasteiger partial charge in [-0.1, -0.05) is 13.8 Å². The number of pyridine rings is 1. The summed E-state index contributed by atoms with van der Waals surface area (Å²) in [6, 6.07) is 4.69. The molecule has 0 bridgehead atoms. The quantitative estimate of drug-likeness (QED) is 0.870. The van der Waals surface area contributed by atoms with E-state index < -0.39 is 0 Å². The normalized spacial score (nSPS) is 12.6. The molecule has 2 aromatic rings. The molecule has 1 atom stereocenters. The summed E-state index contributed by atoms with van der Waals surface area (Å²) in [5.74, 6) is -0.294. The monoisotopic (exact) mass is 262 g/mol. The Hall–Kier alpha value is -1.75. The summed E-state index contributed by atoms with van der Waals surface area (Å²) in [7, 11) is 0. The van der Waals surface area contributed by atoms with Crippen molar-refractivity contribution < 1.29 is 4.39 Å². The predicted octanol–water partition coefficient (Wildman–Crippen LogP) is 2.53. The first-order valence-corrected chi connectivity index (χ1v) is 6.63. The molecule has 5 heteroatoms. The highest BCUT2D eigenvalue weighted by Crippen LogP contribution is 2.22. The Labute approximate surface area is 112 Å². The molecule has 102 valence electrons. The van der Waals surface area contributed by atoms with Crippen molar-refractivity contribution >= 4 is 0 Å². The van der Waals surface area contributed by atoms with Crippen molar-refractivity contribution in [3.05, 3.63) is 47.8 Å². The number of nitrogens with zero attached hydrogens (tertiary/aromatic N) is 3. The number of rotatable bonds is 6. The third-order valence-corrected chi connectivity index (χ3v) is 2.95. The Morgan fingerprint density at radius 2 is 2.16 bits per heavy atom. The van der Waals surface area contributed by atoms with Gasteiger partial charge in [-0.3, -0.25) is 9.67 Å². The molecule has 1 unspecified atom stereocenters. The summed E-state index contributed by atoms with van der Waals surface area (Å²) in [6.45, 7) is 5.64. The first-order valence-electron chi connectivity index (χ1n) is 6.63. The minimum Gasteiger partial charge on any atom is -0.304 e. The van der Waals surface area contributed by atoms with Crippen LogP contribution < -0.4 is 5.32 Å². The van der Waals surface area contributed by atoms with Gasteiger partial charge in [0.1, 0.15) is 5.82 Å². The summed E-state index contributed by atoms with van der Waals surface area (Å²) in [5, 5.41) is 7.57. The molecular formula is C14H19FN4. The molecule has 0 aliphatic rings. The van der Waals surface area contributed by atoms with Crippen molar-refractivity contribution in [1.29, 1.82) is 0 Å². The Kier molecular flexibility index (Phi) is 4.63. The summed E-state index contributed by atoms with van der Waals surface area (Å²) in [5.41, 5.74) is 1.36. The molecule has 0 spiro atoms. The van der Waals surface area contributed by atoms with E-state index >= 15 is 0 Å². The van der Waals surface area contributed by atoms with Gasteiger partial charge in [0.25, 0.3) is 0 Å². The van der Waals surface area contributed by atoms with E-state index in [-0.39, 0.29) is 11.9 Å². The maximum Gasteiger partial charge on any atom is 0.146 e. The van der Waals surface area contributed by atoms with E-state index in [1.807, 2.05) is 17.7 Å². The van der Waals surface area contributed by atoms with Gasteiger partial charge in [-0.2, -0.15) is 5.10 Å². The van der Waals surface area contributed by atoms with E-state index in [4.69, 9.17) is 0 Å². The molecule has 0 aliphatic carbocycles. The van der Waals surface area contributed by atoms with Crippen LogP contribution >= 0.6 is 0 Å². The first-order chi connectivity index (χ1) is 9.27.